The van der Waals surface area contributed by atoms with Crippen LogP contribution in [-0.2, 0) is 6.61 Å². The molecule has 1 heterocycles. The molecule has 4 nitrogen and oxygen atoms in total. The van der Waals surface area contributed by atoms with Gasteiger partial charge in [-0.05, 0) is 66.4 Å². The van der Waals surface area contributed by atoms with Gasteiger partial charge in [0, 0.05) is 11.6 Å². The van der Waals surface area contributed by atoms with Crippen molar-refractivity contribution >= 4 is 17.5 Å². The number of halogens is 2. The standard InChI is InChI=1S/C22H21ClFNO3/c1-14-11-18(7-9-20(14)23)27-13-19-8-10-21(28-19)22(26)25-12-15(2)16-3-5-17(24)6-4-16/h3-11,15H,12-13H2,1-2H3,(H,25,26). The molecule has 3 aromatic rings. The van der Waals surface area contributed by atoms with E-state index < -0.39 is 0 Å². The number of benzene rings is 2. The van der Waals surface area contributed by atoms with Crippen molar-refractivity contribution in [3.63, 3.8) is 0 Å². The van der Waals surface area contributed by atoms with Crippen LogP contribution in [-0.4, -0.2) is 12.5 Å². The zero-order valence-corrected chi connectivity index (χ0v) is 16.4. The molecule has 0 spiro atoms. The summed E-state index contributed by atoms with van der Waals surface area (Å²) >= 11 is 6.00. The third kappa shape index (κ3) is 5.14. The number of amides is 1. The summed E-state index contributed by atoms with van der Waals surface area (Å²) in [4.78, 5) is 12.3. The molecule has 2 aromatic carbocycles. The molecule has 0 radical (unpaired) electrons. The Morgan fingerprint density at radius 3 is 2.64 bits per heavy atom. The smallest absolute Gasteiger partial charge is 0.287 e. The lowest BCUT2D eigenvalue weighted by Crippen LogP contribution is -2.27. The average molecular weight is 402 g/mol. The number of hydrogen-bond acceptors (Lipinski definition) is 3. The van der Waals surface area contributed by atoms with Crippen LogP contribution in [0.25, 0.3) is 0 Å². The number of furan rings is 1. The van der Waals surface area contributed by atoms with E-state index in [4.69, 9.17) is 20.8 Å². The van der Waals surface area contributed by atoms with Gasteiger partial charge in [0.2, 0.25) is 0 Å². The summed E-state index contributed by atoms with van der Waals surface area (Å²) in [6.45, 7) is 4.49. The fourth-order valence-electron chi connectivity index (χ4n) is 2.68. The minimum atomic E-state index is -0.303. The monoisotopic (exact) mass is 401 g/mol. The molecule has 1 unspecified atom stereocenters. The third-order valence-corrected chi connectivity index (χ3v) is 4.83. The molecule has 6 heteroatoms. The minimum Gasteiger partial charge on any atom is -0.486 e. The lowest BCUT2D eigenvalue weighted by Gasteiger charge is -2.12. The largest absolute Gasteiger partial charge is 0.486 e. The van der Waals surface area contributed by atoms with Gasteiger partial charge < -0.3 is 14.5 Å². The van der Waals surface area contributed by atoms with Crippen molar-refractivity contribution in [1.82, 2.24) is 5.32 Å². The number of aryl methyl sites for hydroxylation is 1. The average Bonchev–Trinajstić information content (AvgIpc) is 3.16. The topological polar surface area (TPSA) is 51.5 Å². The SMILES string of the molecule is Cc1cc(OCc2ccc(C(=O)NCC(C)c3ccc(F)cc3)o2)ccc1Cl. The summed E-state index contributed by atoms with van der Waals surface area (Å²) in [7, 11) is 0. The fraction of sp³-hybridized carbons (Fsp3) is 0.227. The quantitative estimate of drug-likeness (QED) is 0.569. The molecule has 1 aromatic heterocycles. The lowest BCUT2D eigenvalue weighted by atomic mass is 10.0. The first kappa shape index (κ1) is 20.0. The molecule has 3 rings (SSSR count). The van der Waals surface area contributed by atoms with Crippen molar-refractivity contribution in [3.05, 3.63) is 88.1 Å². The Balaban J connectivity index is 1.51. The van der Waals surface area contributed by atoms with Gasteiger partial charge >= 0.3 is 0 Å². The molecule has 0 saturated carbocycles. The molecule has 28 heavy (non-hydrogen) atoms. The number of carbonyl (C=O) groups excluding carboxylic acids is 1. The van der Waals surface area contributed by atoms with Gasteiger partial charge in [-0.1, -0.05) is 30.7 Å². The predicted molar refractivity (Wildman–Crippen MR) is 106 cm³/mol. The van der Waals surface area contributed by atoms with Gasteiger partial charge in [-0.2, -0.15) is 0 Å². The van der Waals surface area contributed by atoms with Crippen molar-refractivity contribution in [2.45, 2.75) is 26.4 Å². The zero-order valence-electron chi connectivity index (χ0n) is 15.7. The van der Waals surface area contributed by atoms with E-state index in [2.05, 4.69) is 5.32 Å². The van der Waals surface area contributed by atoms with E-state index in [1.165, 1.54) is 12.1 Å². The maximum atomic E-state index is 13.0. The highest BCUT2D eigenvalue weighted by molar-refractivity contribution is 6.31. The lowest BCUT2D eigenvalue weighted by molar-refractivity contribution is 0.0920. The highest BCUT2D eigenvalue weighted by Gasteiger charge is 2.14. The Morgan fingerprint density at radius 1 is 1.18 bits per heavy atom. The molecule has 0 aliphatic heterocycles. The van der Waals surface area contributed by atoms with Gasteiger partial charge in [0.05, 0.1) is 0 Å². The van der Waals surface area contributed by atoms with Crippen molar-refractivity contribution < 1.29 is 18.3 Å². The van der Waals surface area contributed by atoms with Crippen molar-refractivity contribution in [1.29, 1.82) is 0 Å². The van der Waals surface area contributed by atoms with Gasteiger partial charge in [0.25, 0.3) is 5.91 Å². The zero-order chi connectivity index (χ0) is 20.1. The molecule has 1 N–H and O–H groups in total. The summed E-state index contributed by atoms with van der Waals surface area (Å²) < 4.78 is 24.2. The Kier molecular flexibility index (Phi) is 6.37. The molecule has 0 aliphatic rings. The van der Waals surface area contributed by atoms with Crippen LogP contribution in [0, 0.1) is 12.7 Å². The normalized spacial score (nSPS) is 11.9. The Hall–Kier alpha value is -2.79. The summed E-state index contributed by atoms with van der Waals surface area (Å²) in [6, 6.07) is 15.0. The molecule has 0 saturated heterocycles. The van der Waals surface area contributed by atoms with Gasteiger partial charge in [0.1, 0.15) is 23.9 Å². The molecular weight excluding hydrogens is 381 g/mol. The molecule has 1 amide bonds. The number of nitrogens with one attached hydrogen (secondary N) is 1. The number of hydrogen-bond donors (Lipinski definition) is 1. The van der Waals surface area contributed by atoms with E-state index >= 15 is 0 Å². The summed E-state index contributed by atoms with van der Waals surface area (Å²) in [6.07, 6.45) is 0. The van der Waals surface area contributed by atoms with E-state index in [9.17, 15) is 9.18 Å². The Morgan fingerprint density at radius 2 is 1.93 bits per heavy atom. The van der Waals surface area contributed by atoms with E-state index in [-0.39, 0.29) is 30.0 Å². The second kappa shape index (κ2) is 8.93. The van der Waals surface area contributed by atoms with E-state index in [0.717, 1.165) is 11.1 Å². The van der Waals surface area contributed by atoms with E-state index in [0.29, 0.717) is 23.1 Å². The first-order chi connectivity index (χ1) is 13.4. The second-order valence-corrected chi connectivity index (χ2v) is 7.04. The van der Waals surface area contributed by atoms with Crippen molar-refractivity contribution in [2.75, 3.05) is 6.54 Å². The van der Waals surface area contributed by atoms with Crippen LogP contribution >= 0.6 is 11.6 Å². The summed E-state index contributed by atoms with van der Waals surface area (Å²) in [5, 5.41) is 3.51. The maximum absolute atomic E-state index is 13.0. The predicted octanol–water partition coefficient (Wildman–Crippen LogP) is 5.49. The molecule has 0 bridgehead atoms. The van der Waals surface area contributed by atoms with Crippen molar-refractivity contribution in [3.8, 4) is 5.75 Å². The highest BCUT2D eigenvalue weighted by atomic mass is 35.5. The summed E-state index contributed by atoms with van der Waals surface area (Å²) in [5.41, 5.74) is 1.88. The first-order valence-electron chi connectivity index (χ1n) is 8.93. The first-order valence-corrected chi connectivity index (χ1v) is 9.31. The highest BCUT2D eigenvalue weighted by Crippen LogP contribution is 2.22. The van der Waals surface area contributed by atoms with E-state index in [1.807, 2.05) is 19.9 Å². The van der Waals surface area contributed by atoms with Crippen LogP contribution < -0.4 is 10.1 Å². The Labute approximate surface area is 168 Å². The molecule has 1 atom stereocenters. The third-order valence-electron chi connectivity index (χ3n) is 4.40. The molecular formula is C22H21ClFNO3. The molecule has 0 fully saturated rings. The van der Waals surface area contributed by atoms with Crippen LogP contribution in [0.5, 0.6) is 5.75 Å². The number of carbonyl (C=O) groups is 1. The van der Waals surface area contributed by atoms with Crippen LogP contribution in [0.15, 0.2) is 59.0 Å². The molecule has 0 aliphatic carbocycles. The van der Waals surface area contributed by atoms with Gasteiger partial charge in [0.15, 0.2) is 5.76 Å². The number of ether oxygens (including phenoxy) is 1. The maximum Gasteiger partial charge on any atom is 0.287 e. The summed E-state index contributed by atoms with van der Waals surface area (Å²) in [5.74, 6) is 0.913. The fourth-order valence-corrected chi connectivity index (χ4v) is 2.80. The minimum absolute atomic E-state index is 0.0514. The molecule has 146 valence electrons. The van der Waals surface area contributed by atoms with Crippen LogP contribution in [0.3, 0.4) is 0 Å². The van der Waals surface area contributed by atoms with Crippen LogP contribution in [0.4, 0.5) is 4.39 Å². The Bertz CT molecular complexity index is 953. The second-order valence-electron chi connectivity index (χ2n) is 6.63. The van der Waals surface area contributed by atoms with Crippen molar-refractivity contribution in [2.24, 2.45) is 0 Å². The van der Waals surface area contributed by atoms with Crippen LogP contribution in [0.1, 0.15) is 40.3 Å². The van der Waals surface area contributed by atoms with Gasteiger partial charge in [-0.3, -0.25) is 4.79 Å². The van der Waals surface area contributed by atoms with Gasteiger partial charge in [-0.25, -0.2) is 4.39 Å². The van der Waals surface area contributed by atoms with Crippen LogP contribution in [0.2, 0.25) is 5.02 Å². The van der Waals surface area contributed by atoms with E-state index in [1.54, 1.807) is 36.4 Å². The van der Waals surface area contributed by atoms with Gasteiger partial charge in [-0.15, -0.1) is 0 Å². The number of rotatable bonds is 7.